The molecule has 0 aromatic carbocycles. The number of nitrogens with zero attached hydrogens (tertiary/aromatic N) is 1. The van der Waals surface area contributed by atoms with Crippen molar-refractivity contribution in [1.29, 1.82) is 0 Å². The van der Waals surface area contributed by atoms with E-state index in [0.29, 0.717) is 11.5 Å². The van der Waals surface area contributed by atoms with Crippen LogP contribution in [0.15, 0.2) is 0 Å². The summed E-state index contributed by atoms with van der Waals surface area (Å²) < 4.78 is 0. The van der Waals surface area contributed by atoms with Crippen molar-refractivity contribution in [2.45, 2.75) is 40.2 Å². The van der Waals surface area contributed by atoms with E-state index < -0.39 is 23.4 Å². The molecule has 0 rings (SSSR count). The number of carboxylic acids is 1. The summed E-state index contributed by atoms with van der Waals surface area (Å²) in [4.78, 5) is 37.5. The van der Waals surface area contributed by atoms with E-state index in [1.54, 1.807) is 20.8 Å². The van der Waals surface area contributed by atoms with Gasteiger partial charge in [-0.15, -0.1) is 0 Å². The summed E-state index contributed by atoms with van der Waals surface area (Å²) in [6.45, 7) is 6.36. The van der Waals surface area contributed by atoms with E-state index >= 15 is 0 Å². The van der Waals surface area contributed by atoms with Crippen LogP contribution >= 0.6 is 0 Å². The van der Waals surface area contributed by atoms with Gasteiger partial charge in [0.1, 0.15) is 0 Å². The Morgan fingerprint density at radius 3 is 2.31 bits per heavy atom. The van der Waals surface area contributed by atoms with Gasteiger partial charge in [0, 0.05) is 0 Å². The molecule has 6 nitrogen and oxygen atoms in total. The minimum Gasteiger partial charge on any atom is -0.480 e. The molecule has 0 spiro atoms. The Morgan fingerprint density at radius 2 is 2.00 bits per heavy atom. The highest BCUT2D eigenvalue weighted by molar-refractivity contribution is 5.79. The lowest BCUT2D eigenvalue weighted by atomic mass is 9.91. The number of carbonyl (C=O) groups excluding carboxylic acids is 2. The number of amides is 1. The van der Waals surface area contributed by atoms with Crippen molar-refractivity contribution in [2.24, 2.45) is 5.41 Å². The van der Waals surface area contributed by atoms with Crippen LogP contribution in [0.5, 0.6) is 0 Å². The van der Waals surface area contributed by atoms with Gasteiger partial charge in [-0.05, 0) is 27.2 Å². The molecule has 92 valence electrons. The minimum atomic E-state index is -1.24. The molecule has 0 radical (unpaired) electrons. The lowest BCUT2D eigenvalue weighted by molar-refractivity contribution is -0.209. The van der Waals surface area contributed by atoms with Gasteiger partial charge in [-0.2, -0.15) is 5.06 Å². The van der Waals surface area contributed by atoms with E-state index in [9.17, 15) is 14.4 Å². The van der Waals surface area contributed by atoms with Gasteiger partial charge in [0.2, 0.25) is 6.41 Å². The molecule has 1 amide bonds. The van der Waals surface area contributed by atoms with Crippen LogP contribution in [0.25, 0.3) is 0 Å². The summed E-state index contributed by atoms with van der Waals surface area (Å²) in [5.41, 5.74) is -0.751. The molecule has 1 N–H and O–H groups in total. The van der Waals surface area contributed by atoms with Crippen molar-refractivity contribution in [3.63, 3.8) is 0 Å². The molecule has 0 aliphatic rings. The summed E-state index contributed by atoms with van der Waals surface area (Å²) in [6, 6.07) is -1.20. The van der Waals surface area contributed by atoms with Crippen molar-refractivity contribution in [1.82, 2.24) is 5.06 Å². The van der Waals surface area contributed by atoms with E-state index in [1.807, 2.05) is 0 Å². The van der Waals surface area contributed by atoms with Crippen molar-refractivity contribution in [3.05, 3.63) is 0 Å². The summed E-state index contributed by atoms with van der Waals surface area (Å²) in [5, 5.41) is 9.17. The number of rotatable bonds is 6. The van der Waals surface area contributed by atoms with Crippen LogP contribution in [0.3, 0.4) is 0 Å². The van der Waals surface area contributed by atoms with Crippen LogP contribution in [-0.2, 0) is 19.2 Å². The van der Waals surface area contributed by atoms with Crippen LogP contribution in [-0.4, -0.2) is 34.6 Å². The molecule has 6 heteroatoms. The Kier molecular flexibility index (Phi) is 4.94. The number of aliphatic carboxylic acids is 1. The maximum Gasteiger partial charge on any atom is 0.338 e. The Balaban J connectivity index is 4.62. The fourth-order valence-corrected chi connectivity index (χ4v) is 0.664. The Morgan fingerprint density at radius 1 is 1.50 bits per heavy atom. The molecular weight excluding hydrogens is 214 g/mol. The van der Waals surface area contributed by atoms with Gasteiger partial charge in [-0.1, -0.05) is 6.92 Å². The lowest BCUT2D eigenvalue weighted by Gasteiger charge is -2.26. The standard InChI is InChI=1S/C10H17NO5/c1-5-10(3,4)9(15)16-11(6-12)7(2)8(13)14/h6-7H,5H2,1-4H3,(H,13,14)/t7-/m0/s1. The molecule has 0 aliphatic carbocycles. The summed E-state index contributed by atoms with van der Waals surface area (Å²) >= 11 is 0. The van der Waals surface area contributed by atoms with Crippen LogP contribution in [0.4, 0.5) is 0 Å². The van der Waals surface area contributed by atoms with Crippen molar-refractivity contribution < 1.29 is 24.3 Å². The monoisotopic (exact) mass is 231 g/mol. The predicted molar refractivity (Wildman–Crippen MR) is 55.2 cm³/mol. The fraction of sp³-hybridized carbons (Fsp3) is 0.700. The van der Waals surface area contributed by atoms with Gasteiger partial charge in [-0.25, -0.2) is 9.59 Å². The van der Waals surface area contributed by atoms with E-state index in [4.69, 9.17) is 9.94 Å². The smallest absolute Gasteiger partial charge is 0.338 e. The highest BCUT2D eigenvalue weighted by Gasteiger charge is 2.32. The van der Waals surface area contributed by atoms with Crippen LogP contribution in [0.2, 0.25) is 0 Å². The third-order valence-electron chi connectivity index (χ3n) is 2.47. The van der Waals surface area contributed by atoms with Crippen molar-refractivity contribution in [3.8, 4) is 0 Å². The molecule has 0 aromatic heterocycles. The zero-order valence-electron chi connectivity index (χ0n) is 9.89. The van der Waals surface area contributed by atoms with Gasteiger partial charge >= 0.3 is 11.9 Å². The van der Waals surface area contributed by atoms with Gasteiger partial charge in [0.25, 0.3) is 0 Å². The van der Waals surface area contributed by atoms with Crippen molar-refractivity contribution in [2.75, 3.05) is 0 Å². The van der Waals surface area contributed by atoms with Crippen LogP contribution < -0.4 is 0 Å². The summed E-state index contributed by atoms with van der Waals surface area (Å²) in [7, 11) is 0. The number of carbonyl (C=O) groups is 3. The van der Waals surface area contributed by atoms with E-state index in [-0.39, 0.29) is 6.41 Å². The number of hydrogen-bond acceptors (Lipinski definition) is 4. The molecule has 0 saturated carbocycles. The molecule has 0 aromatic rings. The zero-order chi connectivity index (χ0) is 12.9. The average Bonchev–Trinajstić information content (AvgIpc) is 2.24. The van der Waals surface area contributed by atoms with Gasteiger partial charge in [-0.3, -0.25) is 4.79 Å². The molecule has 0 bridgehead atoms. The largest absolute Gasteiger partial charge is 0.480 e. The number of hydroxylamine groups is 2. The van der Waals surface area contributed by atoms with E-state index in [0.717, 1.165) is 0 Å². The van der Waals surface area contributed by atoms with Crippen molar-refractivity contribution >= 4 is 18.3 Å². The van der Waals surface area contributed by atoms with Crippen LogP contribution in [0.1, 0.15) is 34.1 Å². The highest BCUT2D eigenvalue weighted by Crippen LogP contribution is 2.22. The fourth-order valence-electron chi connectivity index (χ4n) is 0.664. The predicted octanol–water partition coefficient (Wildman–Crippen LogP) is 0.812. The van der Waals surface area contributed by atoms with Gasteiger partial charge in [0.05, 0.1) is 5.41 Å². The Hall–Kier alpha value is -1.59. The third-order valence-corrected chi connectivity index (χ3v) is 2.47. The third kappa shape index (κ3) is 3.52. The first-order valence-corrected chi connectivity index (χ1v) is 4.95. The maximum absolute atomic E-state index is 11.6. The zero-order valence-corrected chi connectivity index (χ0v) is 9.89. The van der Waals surface area contributed by atoms with Gasteiger partial charge in [0.15, 0.2) is 6.04 Å². The highest BCUT2D eigenvalue weighted by atomic mass is 16.7. The molecule has 0 heterocycles. The SMILES string of the molecule is CCC(C)(C)C(=O)ON(C=O)[C@@H](C)C(=O)O. The molecule has 16 heavy (non-hydrogen) atoms. The second kappa shape index (κ2) is 5.48. The first-order valence-electron chi connectivity index (χ1n) is 4.95. The molecule has 0 saturated heterocycles. The molecule has 0 fully saturated rings. The molecule has 0 unspecified atom stereocenters. The number of hydrogen-bond donors (Lipinski definition) is 1. The quantitative estimate of drug-likeness (QED) is 0.540. The second-order valence-electron chi connectivity index (χ2n) is 4.10. The molecular formula is C10H17NO5. The minimum absolute atomic E-state index is 0.183. The topological polar surface area (TPSA) is 83.9 Å². The number of carboxylic acid groups (broad SMARTS) is 1. The summed E-state index contributed by atoms with van der Waals surface area (Å²) in [6.07, 6.45) is 0.711. The normalized spacial score (nSPS) is 12.8. The van der Waals surface area contributed by atoms with E-state index in [2.05, 4.69) is 0 Å². The molecule has 1 atom stereocenters. The van der Waals surface area contributed by atoms with Crippen LogP contribution in [0, 0.1) is 5.41 Å². The van der Waals surface area contributed by atoms with E-state index in [1.165, 1.54) is 6.92 Å². The Bertz CT molecular complexity index is 287. The maximum atomic E-state index is 11.6. The first-order chi connectivity index (χ1) is 7.26. The summed E-state index contributed by atoms with van der Waals surface area (Å²) in [5.74, 6) is -1.87. The second-order valence-corrected chi connectivity index (χ2v) is 4.10. The average molecular weight is 231 g/mol. The first kappa shape index (κ1) is 14.4. The van der Waals surface area contributed by atoms with Gasteiger partial charge < -0.3 is 9.94 Å². The molecule has 0 aliphatic heterocycles. The lowest BCUT2D eigenvalue weighted by Crippen LogP contribution is -2.42. The Labute approximate surface area is 94.1 Å².